The number of aliphatic carboxylic acids is 1. The molecule has 2 amide bonds. The summed E-state index contributed by atoms with van der Waals surface area (Å²) in [5.74, 6) is -1.71. The Morgan fingerprint density at radius 1 is 1.14 bits per heavy atom. The Labute approximate surface area is 201 Å². The normalized spacial score (nSPS) is 15.9. The molecule has 182 valence electrons. The number of aromatic nitrogens is 1. The molecule has 0 bridgehead atoms. The molecule has 1 aliphatic heterocycles. The highest BCUT2D eigenvalue weighted by molar-refractivity contribution is 5.92. The van der Waals surface area contributed by atoms with Gasteiger partial charge in [-0.3, -0.25) is 19.7 Å². The quantitative estimate of drug-likeness (QED) is 0.365. The van der Waals surface area contributed by atoms with Crippen LogP contribution < -0.4 is 16.4 Å². The van der Waals surface area contributed by atoms with Crippen LogP contribution in [0.15, 0.2) is 54.7 Å². The maximum absolute atomic E-state index is 13.2. The number of carbonyl (C=O) groups excluding carboxylic acids is 2. The summed E-state index contributed by atoms with van der Waals surface area (Å²) in [5, 5.41) is 16.4. The van der Waals surface area contributed by atoms with Crippen molar-refractivity contribution in [3.63, 3.8) is 0 Å². The average molecular weight is 480 g/mol. The van der Waals surface area contributed by atoms with Gasteiger partial charge in [0, 0.05) is 24.7 Å². The van der Waals surface area contributed by atoms with Crippen LogP contribution in [0.3, 0.4) is 0 Å². The fourth-order valence-corrected chi connectivity index (χ4v) is 4.11. The van der Waals surface area contributed by atoms with Gasteiger partial charge in [-0.15, -0.1) is 0 Å². The first kappa shape index (κ1) is 24.1. The number of pyridine rings is 1. The van der Waals surface area contributed by atoms with Gasteiger partial charge in [0.1, 0.15) is 17.7 Å². The second-order valence-corrected chi connectivity index (χ2v) is 8.46. The number of fused-ring (bicyclic) bond motifs is 1. The van der Waals surface area contributed by atoms with Crippen molar-refractivity contribution in [1.82, 2.24) is 20.5 Å². The van der Waals surface area contributed by atoms with Crippen LogP contribution in [0.2, 0.25) is 0 Å². The van der Waals surface area contributed by atoms with Crippen molar-refractivity contribution in [2.24, 2.45) is 0 Å². The van der Waals surface area contributed by atoms with Crippen molar-refractivity contribution < 1.29 is 23.9 Å². The highest BCUT2D eigenvalue weighted by atomic mass is 19.1. The number of carbonyl (C=O) groups is 3. The number of nitrogens with two attached hydrogens (primary N) is 1. The molecule has 0 spiro atoms. The number of nitrogens with zero attached hydrogens (tertiary/aromatic N) is 2. The molecule has 0 aliphatic carbocycles. The summed E-state index contributed by atoms with van der Waals surface area (Å²) in [4.78, 5) is 42.6. The highest BCUT2D eigenvalue weighted by Gasteiger charge is 2.40. The number of nitrogen functional groups attached to an aromatic ring is 1. The predicted molar refractivity (Wildman–Crippen MR) is 128 cm³/mol. The summed E-state index contributed by atoms with van der Waals surface area (Å²) < 4.78 is 13.2. The Kier molecular flexibility index (Phi) is 7.21. The number of likely N-dealkylation sites (tertiary alicyclic amines) is 1. The van der Waals surface area contributed by atoms with Crippen LogP contribution in [-0.4, -0.2) is 57.9 Å². The lowest BCUT2D eigenvalue weighted by Crippen LogP contribution is -2.62. The smallest absolute Gasteiger partial charge is 0.317 e. The van der Waals surface area contributed by atoms with Gasteiger partial charge in [-0.1, -0.05) is 24.3 Å². The van der Waals surface area contributed by atoms with E-state index in [2.05, 4.69) is 15.6 Å². The molecule has 9 nitrogen and oxygen atoms in total. The van der Waals surface area contributed by atoms with Crippen LogP contribution >= 0.6 is 0 Å². The Bertz CT molecular complexity index is 1250. The van der Waals surface area contributed by atoms with Gasteiger partial charge in [0.2, 0.25) is 11.8 Å². The van der Waals surface area contributed by atoms with Gasteiger partial charge < -0.3 is 21.1 Å². The van der Waals surface area contributed by atoms with E-state index in [0.29, 0.717) is 24.3 Å². The van der Waals surface area contributed by atoms with E-state index in [1.165, 1.54) is 17.0 Å². The molecular formula is C25H26FN5O4. The molecule has 0 unspecified atom stereocenters. The zero-order chi connectivity index (χ0) is 24.9. The number of rotatable bonds is 9. The number of carboxylic acid groups (broad SMARTS) is 1. The van der Waals surface area contributed by atoms with E-state index >= 15 is 0 Å². The van der Waals surface area contributed by atoms with Gasteiger partial charge in [-0.25, -0.2) is 9.37 Å². The van der Waals surface area contributed by atoms with Gasteiger partial charge in [0.15, 0.2) is 0 Å². The second-order valence-electron chi connectivity index (χ2n) is 8.46. The maximum Gasteiger partial charge on any atom is 0.317 e. The Hall–Kier alpha value is -4.05. The first-order chi connectivity index (χ1) is 16.8. The van der Waals surface area contributed by atoms with Crippen LogP contribution in [0.1, 0.15) is 17.5 Å². The number of nitrogens with one attached hydrogen (secondary N) is 2. The van der Waals surface area contributed by atoms with Crippen molar-refractivity contribution in [2.75, 3.05) is 18.8 Å². The first-order valence-corrected chi connectivity index (χ1v) is 11.2. The molecule has 1 fully saturated rings. The van der Waals surface area contributed by atoms with Gasteiger partial charge in [-0.2, -0.15) is 0 Å². The van der Waals surface area contributed by atoms with Gasteiger partial charge in [-0.05, 0) is 53.6 Å². The number of hydrogen-bond donors (Lipinski definition) is 4. The fourth-order valence-electron chi connectivity index (χ4n) is 4.11. The number of carboxylic acids is 1. The molecule has 1 aliphatic rings. The lowest BCUT2D eigenvalue weighted by atomic mass is 9.97. The molecule has 0 saturated carbocycles. The monoisotopic (exact) mass is 479 g/mol. The molecule has 5 N–H and O–H groups in total. The minimum Gasteiger partial charge on any atom is -0.480 e. The number of halogens is 1. The van der Waals surface area contributed by atoms with Crippen molar-refractivity contribution in [2.45, 2.75) is 31.5 Å². The van der Waals surface area contributed by atoms with E-state index in [-0.39, 0.29) is 24.8 Å². The molecule has 2 atom stereocenters. The summed E-state index contributed by atoms with van der Waals surface area (Å²) in [6.45, 7) is 0.268. The summed E-state index contributed by atoms with van der Waals surface area (Å²) in [5.41, 5.74) is 7.44. The molecule has 4 rings (SSSR count). The van der Waals surface area contributed by atoms with Gasteiger partial charge in [0.25, 0.3) is 0 Å². The molecule has 2 heterocycles. The van der Waals surface area contributed by atoms with E-state index in [9.17, 15) is 18.8 Å². The topological polar surface area (TPSA) is 138 Å². The second kappa shape index (κ2) is 10.5. The molecule has 35 heavy (non-hydrogen) atoms. The lowest BCUT2D eigenvalue weighted by Gasteiger charge is -2.41. The average Bonchev–Trinajstić information content (AvgIpc) is 2.81. The molecular weight excluding hydrogens is 453 g/mol. The number of benzene rings is 2. The molecule has 0 radical (unpaired) electrons. The Morgan fingerprint density at radius 2 is 1.89 bits per heavy atom. The minimum absolute atomic E-state index is 0.173. The molecule has 10 heteroatoms. The van der Waals surface area contributed by atoms with Crippen molar-refractivity contribution >= 4 is 34.4 Å². The van der Waals surface area contributed by atoms with E-state index in [0.717, 1.165) is 16.3 Å². The fraction of sp³-hybridized carbons (Fsp3) is 0.280. The Morgan fingerprint density at radius 3 is 2.57 bits per heavy atom. The molecule has 1 aromatic heterocycles. The standard InChI is InChI=1S/C25H26FN5O4/c26-18-4-1-15(2-5-18)12-20(29-14-22(32)33)25(35)31-10-8-21(31)24(34)30-13-16-3-6-19-17(11-16)7-9-28-23(19)27/h1-7,9,11,20-21,29H,8,10,12-14H2,(H2,27,28)(H,30,34)(H,32,33)/t20-,21+/m1/s1. The molecule has 2 aromatic carbocycles. The molecule has 3 aromatic rings. The van der Waals surface area contributed by atoms with Gasteiger partial charge >= 0.3 is 5.97 Å². The predicted octanol–water partition coefficient (Wildman–Crippen LogP) is 1.46. The SMILES string of the molecule is Nc1nccc2cc(CNC(=O)[C@@H]3CCN3C(=O)[C@@H](Cc3ccc(F)cc3)NCC(=O)O)ccc12. The third-order valence-corrected chi connectivity index (χ3v) is 6.08. The van der Waals surface area contributed by atoms with Gasteiger partial charge in [0.05, 0.1) is 12.6 Å². The van der Waals surface area contributed by atoms with E-state index in [1.807, 2.05) is 24.3 Å². The zero-order valence-electron chi connectivity index (χ0n) is 18.9. The van der Waals surface area contributed by atoms with E-state index in [1.54, 1.807) is 18.3 Å². The Balaban J connectivity index is 1.39. The first-order valence-electron chi connectivity index (χ1n) is 11.2. The van der Waals surface area contributed by atoms with Crippen LogP contribution in [0.4, 0.5) is 10.2 Å². The lowest BCUT2D eigenvalue weighted by molar-refractivity contribution is -0.149. The summed E-state index contributed by atoms with van der Waals surface area (Å²) in [6, 6.07) is 11.7. The van der Waals surface area contributed by atoms with E-state index < -0.39 is 30.4 Å². The van der Waals surface area contributed by atoms with E-state index in [4.69, 9.17) is 10.8 Å². The number of anilines is 1. The summed E-state index contributed by atoms with van der Waals surface area (Å²) >= 11 is 0. The highest BCUT2D eigenvalue weighted by Crippen LogP contribution is 2.22. The van der Waals surface area contributed by atoms with Crippen molar-refractivity contribution in [3.8, 4) is 0 Å². The van der Waals surface area contributed by atoms with Crippen LogP contribution in [0.5, 0.6) is 0 Å². The molecule has 1 saturated heterocycles. The number of hydrogen-bond acceptors (Lipinski definition) is 6. The van der Waals surface area contributed by atoms with Crippen molar-refractivity contribution in [3.05, 3.63) is 71.7 Å². The third kappa shape index (κ3) is 5.72. The summed E-state index contributed by atoms with van der Waals surface area (Å²) in [6.07, 6.45) is 2.31. The third-order valence-electron chi connectivity index (χ3n) is 6.08. The number of amides is 2. The maximum atomic E-state index is 13.2. The minimum atomic E-state index is -1.10. The van der Waals surface area contributed by atoms with Crippen LogP contribution in [0.25, 0.3) is 10.8 Å². The van der Waals surface area contributed by atoms with Crippen LogP contribution in [-0.2, 0) is 27.3 Å². The summed E-state index contributed by atoms with van der Waals surface area (Å²) in [7, 11) is 0. The largest absolute Gasteiger partial charge is 0.480 e. The zero-order valence-corrected chi connectivity index (χ0v) is 18.9. The van der Waals surface area contributed by atoms with Crippen LogP contribution in [0, 0.1) is 5.82 Å². The van der Waals surface area contributed by atoms with Crippen molar-refractivity contribution in [1.29, 1.82) is 0 Å².